The molecule has 2 N–H and O–H groups in total. The normalized spacial score (nSPS) is 10.7. The molecule has 0 aliphatic heterocycles. The van der Waals surface area contributed by atoms with Crippen molar-refractivity contribution in [2.75, 3.05) is 27.2 Å². The molecule has 0 aromatic heterocycles. The van der Waals surface area contributed by atoms with Gasteiger partial charge in [0.25, 0.3) is 0 Å². The van der Waals surface area contributed by atoms with Crippen LogP contribution >= 0.6 is 0 Å². The van der Waals surface area contributed by atoms with E-state index in [1.54, 1.807) is 7.05 Å². The Hall–Kier alpha value is -1.79. The van der Waals surface area contributed by atoms with Crippen molar-refractivity contribution in [2.45, 2.75) is 26.3 Å². The molecular formula is C11H21N3O4. The smallest absolute Gasteiger partial charge is 0.329 e. The fraction of sp³-hybridized carbons (Fsp3) is 0.727. The molecule has 0 fully saturated rings. The molecule has 0 saturated heterocycles. The molecule has 0 unspecified atom stereocenters. The summed E-state index contributed by atoms with van der Waals surface area (Å²) >= 11 is 0. The Bertz CT molecular complexity index is 341. The summed E-state index contributed by atoms with van der Waals surface area (Å²) in [7, 11) is 3.00. The number of carbonyl (C=O) groups is 3. The molecule has 0 aliphatic carbocycles. The minimum atomic E-state index is -1.33. The molecular weight excluding hydrogens is 238 g/mol. The van der Waals surface area contributed by atoms with Crippen LogP contribution in [0.5, 0.6) is 0 Å². The van der Waals surface area contributed by atoms with Gasteiger partial charge in [0.1, 0.15) is 5.54 Å². The van der Waals surface area contributed by atoms with Gasteiger partial charge in [0.05, 0.1) is 6.54 Å². The second-order valence-electron chi connectivity index (χ2n) is 4.49. The van der Waals surface area contributed by atoms with Gasteiger partial charge in [0.15, 0.2) is 0 Å². The van der Waals surface area contributed by atoms with Crippen LogP contribution in [0, 0.1) is 0 Å². The lowest BCUT2D eigenvalue weighted by atomic mass is 10.1. The third-order valence-corrected chi connectivity index (χ3v) is 2.96. The van der Waals surface area contributed by atoms with Crippen LogP contribution in [-0.4, -0.2) is 65.5 Å². The van der Waals surface area contributed by atoms with Crippen LogP contribution in [0.1, 0.15) is 20.8 Å². The minimum absolute atomic E-state index is 0.150. The molecule has 0 aromatic rings. The molecule has 0 bridgehead atoms. The van der Waals surface area contributed by atoms with E-state index in [9.17, 15) is 14.4 Å². The molecule has 7 nitrogen and oxygen atoms in total. The van der Waals surface area contributed by atoms with Crippen LogP contribution in [-0.2, 0) is 9.59 Å². The van der Waals surface area contributed by atoms with Crippen molar-refractivity contribution in [3.63, 3.8) is 0 Å². The van der Waals surface area contributed by atoms with Gasteiger partial charge in [0, 0.05) is 20.6 Å². The summed E-state index contributed by atoms with van der Waals surface area (Å²) in [6.45, 7) is 5.04. The molecule has 0 heterocycles. The Morgan fingerprint density at radius 3 is 2.11 bits per heavy atom. The number of nitrogens with zero attached hydrogens (tertiary/aromatic N) is 2. The number of urea groups is 1. The lowest BCUT2D eigenvalue weighted by molar-refractivity contribution is -0.146. The number of hydrogen-bond donors (Lipinski definition) is 2. The second-order valence-corrected chi connectivity index (χ2v) is 4.49. The summed E-state index contributed by atoms with van der Waals surface area (Å²) in [4.78, 5) is 36.6. The fourth-order valence-electron chi connectivity index (χ4n) is 0.978. The van der Waals surface area contributed by atoms with Crippen LogP contribution in [0.3, 0.4) is 0 Å². The zero-order valence-electron chi connectivity index (χ0n) is 11.5. The monoisotopic (exact) mass is 259 g/mol. The Labute approximate surface area is 107 Å². The van der Waals surface area contributed by atoms with Crippen molar-refractivity contribution in [1.82, 2.24) is 15.1 Å². The van der Waals surface area contributed by atoms with E-state index in [1.165, 1.54) is 25.8 Å². The zero-order chi connectivity index (χ0) is 14.5. The molecule has 3 amide bonds. The first-order valence-electron chi connectivity index (χ1n) is 5.63. The number of hydrogen-bond acceptors (Lipinski definition) is 3. The molecule has 104 valence electrons. The molecule has 0 radical (unpaired) electrons. The largest absolute Gasteiger partial charge is 0.480 e. The van der Waals surface area contributed by atoms with E-state index in [0.717, 1.165) is 4.90 Å². The van der Waals surface area contributed by atoms with Crippen LogP contribution in [0.25, 0.3) is 0 Å². The Morgan fingerprint density at radius 1 is 1.22 bits per heavy atom. The third-order valence-electron chi connectivity index (χ3n) is 2.96. The predicted octanol–water partition coefficient (Wildman–Crippen LogP) is -0.0307. The minimum Gasteiger partial charge on any atom is -0.480 e. The number of likely N-dealkylation sites (N-methyl/N-ethyl adjacent to an activating group) is 2. The summed E-state index contributed by atoms with van der Waals surface area (Å²) in [6.07, 6.45) is 0. The van der Waals surface area contributed by atoms with Crippen molar-refractivity contribution < 1.29 is 19.5 Å². The number of aliphatic carboxylic acids is 1. The maximum atomic E-state index is 11.7. The van der Waals surface area contributed by atoms with E-state index in [0.29, 0.717) is 6.54 Å². The van der Waals surface area contributed by atoms with E-state index in [-0.39, 0.29) is 12.5 Å². The maximum Gasteiger partial charge on any atom is 0.329 e. The van der Waals surface area contributed by atoms with Crippen LogP contribution in [0.4, 0.5) is 4.79 Å². The summed E-state index contributed by atoms with van der Waals surface area (Å²) in [5.74, 6) is -1.34. The Morgan fingerprint density at radius 2 is 1.72 bits per heavy atom. The van der Waals surface area contributed by atoms with Gasteiger partial charge in [-0.05, 0) is 20.8 Å². The van der Waals surface area contributed by atoms with E-state index in [4.69, 9.17) is 5.11 Å². The number of nitrogens with one attached hydrogen (secondary N) is 1. The van der Waals surface area contributed by atoms with Crippen molar-refractivity contribution in [3.05, 3.63) is 0 Å². The van der Waals surface area contributed by atoms with Crippen molar-refractivity contribution >= 4 is 17.9 Å². The molecule has 0 saturated carbocycles. The molecule has 0 aromatic carbocycles. The van der Waals surface area contributed by atoms with Gasteiger partial charge in [-0.2, -0.15) is 0 Å². The molecule has 0 aliphatic rings. The summed E-state index contributed by atoms with van der Waals surface area (Å²) in [5, 5.41) is 11.4. The molecule has 0 rings (SSSR count). The van der Waals surface area contributed by atoms with Gasteiger partial charge in [-0.3, -0.25) is 4.79 Å². The molecule has 18 heavy (non-hydrogen) atoms. The van der Waals surface area contributed by atoms with Gasteiger partial charge in [-0.15, -0.1) is 0 Å². The second kappa shape index (κ2) is 6.23. The maximum absolute atomic E-state index is 11.7. The van der Waals surface area contributed by atoms with Crippen molar-refractivity contribution in [1.29, 1.82) is 0 Å². The van der Waals surface area contributed by atoms with Gasteiger partial charge < -0.3 is 20.2 Å². The fourth-order valence-corrected chi connectivity index (χ4v) is 0.978. The van der Waals surface area contributed by atoms with Crippen LogP contribution in [0.2, 0.25) is 0 Å². The lowest BCUT2D eigenvalue weighted by Crippen LogP contribution is -2.55. The summed E-state index contributed by atoms with van der Waals surface area (Å²) < 4.78 is 0. The highest BCUT2D eigenvalue weighted by molar-refractivity contribution is 5.88. The third kappa shape index (κ3) is 3.90. The number of carboxylic acid groups (broad SMARTS) is 1. The average Bonchev–Trinajstić information content (AvgIpc) is 2.32. The Kier molecular flexibility index (Phi) is 5.61. The number of carboxylic acids is 1. The first-order chi connectivity index (χ1) is 8.14. The first kappa shape index (κ1) is 16.2. The van der Waals surface area contributed by atoms with E-state index >= 15 is 0 Å². The zero-order valence-corrected chi connectivity index (χ0v) is 11.5. The number of rotatable bonds is 5. The van der Waals surface area contributed by atoms with Gasteiger partial charge >= 0.3 is 12.0 Å². The highest BCUT2D eigenvalue weighted by Gasteiger charge is 2.35. The summed E-state index contributed by atoms with van der Waals surface area (Å²) in [6, 6.07) is -0.597. The Balaban J connectivity index is 4.43. The first-order valence-corrected chi connectivity index (χ1v) is 5.63. The van der Waals surface area contributed by atoms with Gasteiger partial charge in [-0.1, -0.05) is 0 Å². The standard InChI is InChI=1S/C11H21N3O4/c1-6-13(4)8(15)7-12-10(18)14(5)11(2,3)9(16)17/h6-7H2,1-5H3,(H,12,18)(H,16,17). The highest BCUT2D eigenvalue weighted by atomic mass is 16.4. The van der Waals surface area contributed by atoms with E-state index < -0.39 is 17.5 Å². The van der Waals surface area contributed by atoms with Crippen molar-refractivity contribution in [3.8, 4) is 0 Å². The van der Waals surface area contributed by atoms with Gasteiger partial charge in [0.2, 0.25) is 5.91 Å². The predicted molar refractivity (Wildman–Crippen MR) is 66.2 cm³/mol. The summed E-state index contributed by atoms with van der Waals surface area (Å²) in [5.41, 5.74) is -1.33. The van der Waals surface area contributed by atoms with Crippen LogP contribution in [0.15, 0.2) is 0 Å². The molecule has 0 atom stereocenters. The lowest BCUT2D eigenvalue weighted by Gasteiger charge is -2.31. The average molecular weight is 259 g/mol. The quantitative estimate of drug-likeness (QED) is 0.725. The van der Waals surface area contributed by atoms with Gasteiger partial charge in [-0.25, -0.2) is 9.59 Å². The van der Waals surface area contributed by atoms with E-state index in [1.807, 2.05) is 6.92 Å². The molecule has 7 heteroatoms. The van der Waals surface area contributed by atoms with E-state index in [2.05, 4.69) is 5.32 Å². The van der Waals surface area contributed by atoms with Crippen LogP contribution < -0.4 is 5.32 Å². The topological polar surface area (TPSA) is 90.0 Å². The van der Waals surface area contributed by atoms with Crippen molar-refractivity contribution in [2.24, 2.45) is 0 Å². The highest BCUT2D eigenvalue weighted by Crippen LogP contribution is 2.12. The number of amides is 3. The number of carbonyl (C=O) groups excluding carboxylic acids is 2. The molecule has 0 spiro atoms. The SMILES string of the molecule is CCN(C)C(=O)CNC(=O)N(C)C(C)(C)C(=O)O.